The van der Waals surface area contributed by atoms with Gasteiger partial charge in [0.25, 0.3) is 0 Å². The number of aliphatic hydroxyl groups is 2. The second-order valence-corrected chi connectivity index (χ2v) is 6.31. The van der Waals surface area contributed by atoms with Crippen molar-refractivity contribution in [2.45, 2.75) is 37.7 Å². The highest BCUT2D eigenvalue weighted by Gasteiger charge is 2.30. The molecule has 6 nitrogen and oxygen atoms in total. The van der Waals surface area contributed by atoms with Crippen LogP contribution in [0.15, 0.2) is 18.2 Å². The topological polar surface area (TPSA) is 79.2 Å². The van der Waals surface area contributed by atoms with Gasteiger partial charge >= 0.3 is 0 Å². The number of hydrogen-bond acceptors (Lipinski definition) is 5. The van der Waals surface area contributed by atoms with Crippen molar-refractivity contribution in [3.05, 3.63) is 23.8 Å². The van der Waals surface area contributed by atoms with Crippen LogP contribution in [-0.2, 0) is 11.2 Å². The number of methoxy groups -OCH3 is 2. The van der Waals surface area contributed by atoms with E-state index >= 15 is 0 Å². The molecule has 1 amide bonds. The first-order chi connectivity index (χ1) is 11.5. The molecule has 1 saturated heterocycles. The summed E-state index contributed by atoms with van der Waals surface area (Å²) in [5, 5.41) is 19.4. The van der Waals surface area contributed by atoms with Gasteiger partial charge in [-0.05, 0) is 43.4 Å². The van der Waals surface area contributed by atoms with Gasteiger partial charge in [-0.3, -0.25) is 4.79 Å². The molecule has 1 heterocycles. The Labute approximate surface area is 143 Å². The number of rotatable bonds is 6. The normalized spacial score (nSPS) is 21.2. The van der Waals surface area contributed by atoms with Gasteiger partial charge in [0.2, 0.25) is 5.91 Å². The first-order valence-corrected chi connectivity index (χ1v) is 8.33. The molecule has 1 aliphatic rings. The van der Waals surface area contributed by atoms with Crippen molar-refractivity contribution in [1.82, 2.24) is 4.90 Å². The molecule has 2 N–H and O–H groups in total. The summed E-state index contributed by atoms with van der Waals surface area (Å²) in [5.74, 6) is 1.40. The van der Waals surface area contributed by atoms with Gasteiger partial charge in [0.1, 0.15) is 0 Å². The van der Waals surface area contributed by atoms with Gasteiger partial charge in [-0.25, -0.2) is 0 Å². The number of ether oxygens (including phenoxy) is 2. The smallest absolute Gasteiger partial charge is 0.222 e. The standard InChI is InChI=1S/C18H27NO5/c1-23-15-6-4-14(12-16(15)24-2)5-7-17(21)19-10-3-8-18(22,13-20)9-11-19/h4,6,12,20,22H,3,5,7-11,13H2,1-2H3/t18-/m1/s1. The zero-order chi connectivity index (χ0) is 17.6. The quantitative estimate of drug-likeness (QED) is 0.820. The number of nitrogens with zero attached hydrogens (tertiary/aromatic N) is 1. The summed E-state index contributed by atoms with van der Waals surface area (Å²) in [7, 11) is 3.18. The fourth-order valence-corrected chi connectivity index (χ4v) is 3.03. The molecule has 0 spiro atoms. The summed E-state index contributed by atoms with van der Waals surface area (Å²) in [6.45, 7) is 0.871. The molecular weight excluding hydrogens is 310 g/mol. The third-order valence-electron chi connectivity index (χ3n) is 4.64. The van der Waals surface area contributed by atoms with Crippen LogP contribution in [0.25, 0.3) is 0 Å². The fraction of sp³-hybridized carbons (Fsp3) is 0.611. The molecule has 0 aliphatic carbocycles. The Bertz CT molecular complexity index is 562. The van der Waals surface area contributed by atoms with E-state index in [0.717, 1.165) is 5.56 Å². The molecule has 6 heteroatoms. The number of carbonyl (C=O) groups excluding carboxylic acids is 1. The van der Waals surface area contributed by atoms with E-state index in [4.69, 9.17) is 9.47 Å². The van der Waals surface area contributed by atoms with Crippen molar-refractivity contribution in [2.24, 2.45) is 0 Å². The van der Waals surface area contributed by atoms with E-state index in [0.29, 0.717) is 56.7 Å². The molecule has 0 radical (unpaired) electrons. The molecular formula is C18H27NO5. The van der Waals surface area contributed by atoms with Gasteiger partial charge in [-0.2, -0.15) is 0 Å². The second-order valence-electron chi connectivity index (χ2n) is 6.31. The summed E-state index contributed by atoms with van der Waals surface area (Å²) in [6.07, 6.45) is 2.70. The maximum Gasteiger partial charge on any atom is 0.222 e. The highest BCUT2D eigenvalue weighted by molar-refractivity contribution is 5.76. The Morgan fingerprint density at radius 3 is 2.62 bits per heavy atom. The zero-order valence-corrected chi connectivity index (χ0v) is 14.5. The van der Waals surface area contributed by atoms with Crippen LogP contribution in [0.4, 0.5) is 0 Å². The largest absolute Gasteiger partial charge is 0.493 e. The maximum atomic E-state index is 12.4. The van der Waals surface area contributed by atoms with Crippen LogP contribution in [0.1, 0.15) is 31.2 Å². The molecule has 1 aromatic rings. The summed E-state index contributed by atoms with van der Waals surface area (Å²) >= 11 is 0. The lowest BCUT2D eigenvalue weighted by Gasteiger charge is -2.24. The molecule has 0 saturated carbocycles. The molecule has 134 valence electrons. The molecule has 0 bridgehead atoms. The molecule has 0 unspecified atom stereocenters. The molecule has 1 aromatic carbocycles. The van der Waals surface area contributed by atoms with Crippen molar-refractivity contribution in [3.8, 4) is 11.5 Å². The van der Waals surface area contributed by atoms with Crippen LogP contribution in [0, 0.1) is 0 Å². The first kappa shape index (κ1) is 18.5. The fourth-order valence-electron chi connectivity index (χ4n) is 3.03. The lowest BCUT2D eigenvalue weighted by atomic mass is 9.96. The van der Waals surface area contributed by atoms with Crippen LogP contribution in [0.2, 0.25) is 0 Å². The highest BCUT2D eigenvalue weighted by atomic mass is 16.5. The molecule has 1 fully saturated rings. The summed E-state index contributed by atoms with van der Waals surface area (Å²) in [6, 6.07) is 5.66. The summed E-state index contributed by atoms with van der Waals surface area (Å²) in [4.78, 5) is 14.2. The van der Waals surface area contributed by atoms with E-state index in [9.17, 15) is 15.0 Å². The lowest BCUT2D eigenvalue weighted by molar-refractivity contribution is -0.131. The average Bonchev–Trinajstić information content (AvgIpc) is 2.81. The van der Waals surface area contributed by atoms with Crippen molar-refractivity contribution in [1.29, 1.82) is 0 Å². The predicted molar refractivity (Wildman–Crippen MR) is 90.3 cm³/mol. The Balaban J connectivity index is 1.91. The molecule has 24 heavy (non-hydrogen) atoms. The van der Waals surface area contributed by atoms with Gasteiger partial charge in [0.05, 0.1) is 26.4 Å². The van der Waals surface area contributed by atoms with Crippen LogP contribution in [0.5, 0.6) is 11.5 Å². The monoisotopic (exact) mass is 337 g/mol. The number of aliphatic hydroxyl groups excluding tert-OH is 1. The maximum absolute atomic E-state index is 12.4. The van der Waals surface area contributed by atoms with Gasteiger partial charge in [-0.1, -0.05) is 6.07 Å². The van der Waals surface area contributed by atoms with E-state index < -0.39 is 5.60 Å². The molecule has 0 aromatic heterocycles. The third kappa shape index (κ3) is 4.61. The Morgan fingerprint density at radius 1 is 1.21 bits per heavy atom. The van der Waals surface area contributed by atoms with Gasteiger partial charge < -0.3 is 24.6 Å². The molecule has 1 atom stereocenters. The predicted octanol–water partition coefficient (Wildman–Crippen LogP) is 1.37. The highest BCUT2D eigenvalue weighted by Crippen LogP contribution is 2.28. The number of hydrogen-bond donors (Lipinski definition) is 2. The van der Waals surface area contributed by atoms with Gasteiger partial charge in [0, 0.05) is 19.5 Å². The number of likely N-dealkylation sites (tertiary alicyclic amines) is 1. The second kappa shape index (κ2) is 8.35. The Kier molecular flexibility index (Phi) is 6.45. The molecule has 1 aliphatic heterocycles. The summed E-state index contributed by atoms with van der Waals surface area (Å²) in [5.41, 5.74) is -0.0269. The van der Waals surface area contributed by atoms with Crippen molar-refractivity contribution in [2.75, 3.05) is 33.9 Å². The number of carbonyl (C=O) groups is 1. The number of benzene rings is 1. The SMILES string of the molecule is COc1ccc(CCC(=O)N2CCC[C@](O)(CO)CC2)cc1OC. The third-order valence-corrected chi connectivity index (χ3v) is 4.64. The average molecular weight is 337 g/mol. The Hall–Kier alpha value is -1.79. The van der Waals surface area contributed by atoms with Crippen LogP contribution < -0.4 is 9.47 Å². The van der Waals surface area contributed by atoms with Crippen LogP contribution >= 0.6 is 0 Å². The minimum absolute atomic E-state index is 0.0759. The van der Waals surface area contributed by atoms with E-state index in [1.807, 2.05) is 18.2 Å². The molecule has 2 rings (SSSR count). The minimum atomic E-state index is -1.04. The lowest BCUT2D eigenvalue weighted by Crippen LogP contribution is -2.36. The zero-order valence-electron chi connectivity index (χ0n) is 14.5. The number of aryl methyl sites for hydroxylation is 1. The van der Waals surface area contributed by atoms with E-state index in [-0.39, 0.29) is 12.5 Å². The van der Waals surface area contributed by atoms with E-state index in [2.05, 4.69) is 0 Å². The van der Waals surface area contributed by atoms with Crippen LogP contribution in [-0.4, -0.2) is 60.5 Å². The van der Waals surface area contributed by atoms with E-state index in [1.165, 1.54) is 0 Å². The van der Waals surface area contributed by atoms with Gasteiger partial charge in [-0.15, -0.1) is 0 Å². The van der Waals surface area contributed by atoms with Crippen LogP contribution in [0.3, 0.4) is 0 Å². The van der Waals surface area contributed by atoms with Crippen molar-refractivity contribution < 1.29 is 24.5 Å². The van der Waals surface area contributed by atoms with Crippen molar-refractivity contribution >= 4 is 5.91 Å². The number of amides is 1. The van der Waals surface area contributed by atoms with Crippen molar-refractivity contribution in [3.63, 3.8) is 0 Å². The van der Waals surface area contributed by atoms with Gasteiger partial charge in [0.15, 0.2) is 11.5 Å². The Morgan fingerprint density at radius 2 is 1.96 bits per heavy atom. The first-order valence-electron chi connectivity index (χ1n) is 8.33. The summed E-state index contributed by atoms with van der Waals surface area (Å²) < 4.78 is 10.5. The minimum Gasteiger partial charge on any atom is -0.493 e. The van der Waals surface area contributed by atoms with E-state index in [1.54, 1.807) is 19.1 Å².